The number of phenols is 1. The van der Waals surface area contributed by atoms with Gasteiger partial charge >= 0.3 is 6.09 Å². The Morgan fingerprint density at radius 3 is 2.28 bits per heavy atom. The Balaban J connectivity index is 3.24. The highest BCUT2D eigenvalue weighted by molar-refractivity contribution is 5.92. The number of carbonyl (C=O) groups excluding carboxylic acids is 3. The number of hydrogen-bond donors (Lipinski definition) is 3. The maximum absolute atomic E-state index is 13.4. The normalized spacial score (nSPS) is 13.1. The van der Waals surface area contributed by atoms with E-state index in [9.17, 15) is 19.5 Å². The van der Waals surface area contributed by atoms with Crippen LogP contribution in [0.1, 0.15) is 78.8 Å². The summed E-state index contributed by atoms with van der Waals surface area (Å²) in [6.07, 6.45) is 2.48. The highest BCUT2D eigenvalue weighted by atomic mass is 16.6. The molecule has 0 fully saturated rings. The van der Waals surface area contributed by atoms with Crippen molar-refractivity contribution in [3.63, 3.8) is 0 Å². The summed E-state index contributed by atoms with van der Waals surface area (Å²) in [7, 11) is 0. The molecule has 0 saturated carbocycles. The van der Waals surface area contributed by atoms with Crippen LogP contribution in [0.3, 0.4) is 0 Å². The molecule has 3 amide bonds. The second-order valence-electron chi connectivity index (χ2n) is 8.86. The SMILES string of the molecule is CCCCNC(=O)C(c1ccccc1O)N(CCCC)C(=O)C(C)NC(=O)OC(C)(C)C. The van der Waals surface area contributed by atoms with E-state index in [-0.39, 0.29) is 11.7 Å². The molecule has 0 aliphatic heterocycles. The first-order chi connectivity index (χ1) is 15.0. The molecule has 8 nitrogen and oxygen atoms in total. The van der Waals surface area contributed by atoms with E-state index in [0.29, 0.717) is 25.1 Å². The van der Waals surface area contributed by atoms with Gasteiger partial charge < -0.3 is 25.4 Å². The third-order valence-corrected chi connectivity index (χ3v) is 4.76. The fourth-order valence-corrected chi connectivity index (χ4v) is 3.14. The van der Waals surface area contributed by atoms with Crippen molar-refractivity contribution in [2.75, 3.05) is 13.1 Å². The predicted octanol–water partition coefficient (Wildman–Crippen LogP) is 3.89. The molecule has 32 heavy (non-hydrogen) atoms. The third kappa shape index (κ3) is 8.77. The van der Waals surface area contributed by atoms with E-state index in [1.807, 2.05) is 13.8 Å². The van der Waals surface area contributed by atoms with Crippen molar-refractivity contribution >= 4 is 17.9 Å². The number of nitrogens with zero attached hydrogens (tertiary/aromatic N) is 1. The Morgan fingerprint density at radius 2 is 1.72 bits per heavy atom. The number of nitrogens with one attached hydrogen (secondary N) is 2. The van der Waals surface area contributed by atoms with E-state index in [1.54, 1.807) is 45.9 Å². The van der Waals surface area contributed by atoms with Crippen LogP contribution in [0.2, 0.25) is 0 Å². The summed E-state index contributed by atoms with van der Waals surface area (Å²) in [5, 5.41) is 15.9. The highest BCUT2D eigenvalue weighted by Crippen LogP contribution is 2.30. The average Bonchev–Trinajstić information content (AvgIpc) is 2.70. The molecule has 0 heterocycles. The number of hydrogen-bond acceptors (Lipinski definition) is 5. The molecule has 8 heteroatoms. The molecule has 1 aromatic carbocycles. The van der Waals surface area contributed by atoms with E-state index in [1.165, 1.54) is 11.0 Å². The van der Waals surface area contributed by atoms with Crippen molar-refractivity contribution in [2.45, 2.75) is 84.9 Å². The quantitative estimate of drug-likeness (QED) is 0.444. The van der Waals surface area contributed by atoms with Crippen LogP contribution in [0.5, 0.6) is 5.75 Å². The lowest BCUT2D eigenvalue weighted by atomic mass is 10.0. The monoisotopic (exact) mass is 449 g/mol. The van der Waals surface area contributed by atoms with E-state index >= 15 is 0 Å². The number of ether oxygens (including phenoxy) is 1. The van der Waals surface area contributed by atoms with Crippen molar-refractivity contribution < 1.29 is 24.2 Å². The van der Waals surface area contributed by atoms with Gasteiger partial charge in [0.2, 0.25) is 11.8 Å². The second-order valence-corrected chi connectivity index (χ2v) is 8.86. The van der Waals surface area contributed by atoms with Gasteiger partial charge in [0.05, 0.1) is 0 Å². The minimum absolute atomic E-state index is 0.0646. The molecule has 3 N–H and O–H groups in total. The van der Waals surface area contributed by atoms with Gasteiger partial charge in [0.15, 0.2) is 0 Å². The number of benzene rings is 1. The number of rotatable bonds is 11. The topological polar surface area (TPSA) is 108 Å². The van der Waals surface area contributed by atoms with Gasteiger partial charge in [-0.2, -0.15) is 0 Å². The first-order valence-corrected chi connectivity index (χ1v) is 11.4. The highest BCUT2D eigenvalue weighted by Gasteiger charge is 2.35. The van der Waals surface area contributed by atoms with Gasteiger partial charge in [-0.15, -0.1) is 0 Å². The Hall–Kier alpha value is -2.77. The summed E-state index contributed by atoms with van der Waals surface area (Å²) in [6, 6.07) is 4.57. The Labute approximate surface area is 191 Å². The number of para-hydroxylation sites is 1. The smallest absolute Gasteiger partial charge is 0.408 e. The maximum Gasteiger partial charge on any atom is 0.408 e. The van der Waals surface area contributed by atoms with Crippen LogP contribution < -0.4 is 10.6 Å². The largest absolute Gasteiger partial charge is 0.508 e. The standard InChI is InChI=1S/C24H39N3O5/c1-7-9-15-25-21(29)20(18-13-11-12-14-19(18)28)27(16-10-8-2)22(30)17(3)26-23(31)32-24(4,5)6/h11-14,17,20,28H,7-10,15-16H2,1-6H3,(H,25,29)(H,26,31). The van der Waals surface area contributed by atoms with Gasteiger partial charge in [0, 0.05) is 18.7 Å². The predicted molar refractivity (Wildman–Crippen MR) is 124 cm³/mol. The van der Waals surface area contributed by atoms with Crippen LogP contribution >= 0.6 is 0 Å². The molecular formula is C24H39N3O5. The molecule has 0 aliphatic carbocycles. The van der Waals surface area contributed by atoms with Crippen LogP contribution in [-0.2, 0) is 14.3 Å². The molecule has 180 valence electrons. The van der Waals surface area contributed by atoms with E-state index in [2.05, 4.69) is 10.6 Å². The number of carbonyl (C=O) groups is 3. The lowest BCUT2D eigenvalue weighted by molar-refractivity contribution is -0.142. The van der Waals surface area contributed by atoms with Crippen molar-refractivity contribution in [3.05, 3.63) is 29.8 Å². The summed E-state index contributed by atoms with van der Waals surface area (Å²) in [5.41, 5.74) is -0.359. The maximum atomic E-state index is 13.4. The van der Waals surface area contributed by atoms with Crippen molar-refractivity contribution in [1.82, 2.24) is 15.5 Å². The number of phenolic OH excluding ortho intramolecular Hbond substituents is 1. The molecule has 0 saturated heterocycles. The van der Waals surface area contributed by atoms with Crippen molar-refractivity contribution in [2.24, 2.45) is 0 Å². The minimum atomic E-state index is -1.02. The fourth-order valence-electron chi connectivity index (χ4n) is 3.14. The molecule has 1 rings (SSSR count). The molecule has 0 aliphatic rings. The zero-order valence-electron chi connectivity index (χ0n) is 20.2. The van der Waals surface area contributed by atoms with Crippen LogP contribution in [0.4, 0.5) is 4.79 Å². The first kappa shape index (κ1) is 27.3. The molecule has 1 aromatic rings. The number of alkyl carbamates (subject to hydrolysis) is 1. The zero-order valence-corrected chi connectivity index (χ0v) is 20.2. The number of amides is 3. The van der Waals surface area contributed by atoms with Gasteiger partial charge in [0.1, 0.15) is 23.4 Å². The van der Waals surface area contributed by atoms with Gasteiger partial charge in [-0.1, -0.05) is 44.9 Å². The van der Waals surface area contributed by atoms with Crippen LogP contribution in [-0.4, -0.2) is 52.6 Å². The fraction of sp³-hybridized carbons (Fsp3) is 0.625. The summed E-state index contributed by atoms with van der Waals surface area (Å²) in [5.74, 6) is -0.859. The van der Waals surface area contributed by atoms with Gasteiger partial charge in [-0.25, -0.2) is 4.79 Å². The van der Waals surface area contributed by atoms with Crippen LogP contribution in [0.25, 0.3) is 0 Å². The van der Waals surface area contributed by atoms with Crippen molar-refractivity contribution in [1.29, 1.82) is 0 Å². The molecule has 2 unspecified atom stereocenters. The lowest BCUT2D eigenvalue weighted by Gasteiger charge is -2.34. The number of aromatic hydroxyl groups is 1. The summed E-state index contributed by atoms with van der Waals surface area (Å²) < 4.78 is 5.26. The molecule has 2 atom stereocenters. The Kier molecular flexibility index (Phi) is 11.0. The second kappa shape index (κ2) is 12.9. The molecule has 0 bridgehead atoms. The van der Waals surface area contributed by atoms with E-state index in [4.69, 9.17) is 4.74 Å². The van der Waals surface area contributed by atoms with Gasteiger partial charge in [-0.3, -0.25) is 9.59 Å². The average molecular weight is 450 g/mol. The molecule has 0 aromatic heterocycles. The Bertz CT molecular complexity index is 760. The minimum Gasteiger partial charge on any atom is -0.508 e. The number of unbranched alkanes of at least 4 members (excludes halogenated alkanes) is 2. The lowest BCUT2D eigenvalue weighted by Crippen LogP contribution is -2.52. The third-order valence-electron chi connectivity index (χ3n) is 4.76. The summed E-state index contributed by atoms with van der Waals surface area (Å²) >= 11 is 0. The molecule has 0 spiro atoms. The molecule has 0 radical (unpaired) electrons. The summed E-state index contributed by atoms with van der Waals surface area (Å²) in [6.45, 7) is 11.6. The van der Waals surface area contributed by atoms with Gasteiger partial charge in [0.25, 0.3) is 0 Å². The first-order valence-electron chi connectivity index (χ1n) is 11.4. The van der Waals surface area contributed by atoms with Gasteiger partial charge in [-0.05, 0) is 46.6 Å². The zero-order chi connectivity index (χ0) is 24.3. The molecular weight excluding hydrogens is 410 g/mol. The van der Waals surface area contributed by atoms with E-state index < -0.39 is 29.7 Å². The van der Waals surface area contributed by atoms with Crippen molar-refractivity contribution in [3.8, 4) is 5.75 Å². The van der Waals surface area contributed by atoms with Crippen LogP contribution in [0, 0.1) is 0 Å². The summed E-state index contributed by atoms with van der Waals surface area (Å²) in [4.78, 5) is 40.2. The van der Waals surface area contributed by atoms with Crippen LogP contribution in [0.15, 0.2) is 24.3 Å². The van der Waals surface area contributed by atoms with E-state index in [0.717, 1.165) is 19.3 Å². The Morgan fingerprint density at radius 1 is 1.09 bits per heavy atom.